The van der Waals surface area contributed by atoms with Gasteiger partial charge < -0.3 is 5.32 Å². The quantitative estimate of drug-likeness (QED) is 0.770. The fourth-order valence-corrected chi connectivity index (χ4v) is 2.90. The van der Waals surface area contributed by atoms with Crippen molar-refractivity contribution >= 4 is 33.8 Å². The van der Waals surface area contributed by atoms with E-state index < -0.39 is 29.2 Å². The van der Waals surface area contributed by atoms with Crippen molar-refractivity contribution in [2.75, 3.05) is 0 Å². The molecule has 1 unspecified atom stereocenters. The van der Waals surface area contributed by atoms with Crippen molar-refractivity contribution in [3.63, 3.8) is 0 Å². The van der Waals surface area contributed by atoms with E-state index >= 15 is 0 Å². The van der Waals surface area contributed by atoms with Crippen molar-refractivity contribution in [3.8, 4) is 0 Å². The smallest absolute Gasteiger partial charge is 0.318 e. The molecule has 25 heavy (non-hydrogen) atoms. The number of hydrogen-bond donors (Lipinski definition) is 2. The largest absolute Gasteiger partial charge is 0.344 e. The van der Waals surface area contributed by atoms with E-state index in [4.69, 9.17) is 0 Å². The Bertz CT molecular complexity index is 875. The number of hydrogen-bond acceptors (Lipinski definition) is 3. The Morgan fingerprint density at radius 3 is 2.56 bits per heavy atom. The summed E-state index contributed by atoms with van der Waals surface area (Å²) in [5.74, 6) is -2.33. The molecule has 1 aliphatic rings. The second kappa shape index (κ2) is 6.29. The first-order valence-corrected chi connectivity index (χ1v) is 8.10. The Morgan fingerprint density at radius 2 is 1.88 bits per heavy atom. The van der Waals surface area contributed by atoms with E-state index in [9.17, 15) is 18.8 Å². The third-order valence-electron chi connectivity index (χ3n) is 3.93. The van der Waals surface area contributed by atoms with Gasteiger partial charge in [0.1, 0.15) is 11.4 Å². The van der Waals surface area contributed by atoms with Gasteiger partial charge in [0.2, 0.25) is 0 Å². The van der Waals surface area contributed by atoms with Gasteiger partial charge in [0, 0.05) is 4.47 Å². The molecule has 1 fully saturated rings. The van der Waals surface area contributed by atoms with Gasteiger partial charge in [-0.2, -0.15) is 5.01 Å². The van der Waals surface area contributed by atoms with Gasteiger partial charge in [0.05, 0.1) is 5.56 Å². The molecule has 0 saturated carbocycles. The van der Waals surface area contributed by atoms with Gasteiger partial charge in [0.25, 0.3) is 11.8 Å². The van der Waals surface area contributed by atoms with Crippen molar-refractivity contribution < 1.29 is 18.8 Å². The molecule has 0 bridgehead atoms. The summed E-state index contributed by atoms with van der Waals surface area (Å²) in [4.78, 5) is 37.1. The Labute approximate surface area is 151 Å². The lowest BCUT2D eigenvalue weighted by atomic mass is 9.92. The number of nitrogens with zero attached hydrogens (tertiary/aromatic N) is 1. The number of halogens is 2. The molecule has 0 aliphatic carbocycles. The van der Waals surface area contributed by atoms with Gasteiger partial charge in [-0.15, -0.1) is 0 Å². The lowest BCUT2D eigenvalue weighted by Gasteiger charge is -2.22. The zero-order valence-corrected chi connectivity index (χ0v) is 14.6. The maximum atomic E-state index is 13.8. The highest BCUT2D eigenvalue weighted by molar-refractivity contribution is 9.10. The molecule has 0 spiro atoms. The van der Waals surface area contributed by atoms with Crippen LogP contribution < -0.4 is 10.7 Å². The summed E-state index contributed by atoms with van der Waals surface area (Å²) in [6.07, 6.45) is 0. The predicted molar refractivity (Wildman–Crippen MR) is 90.7 cm³/mol. The lowest BCUT2D eigenvalue weighted by Crippen LogP contribution is -2.48. The number of benzene rings is 2. The van der Waals surface area contributed by atoms with Crippen molar-refractivity contribution in [1.82, 2.24) is 15.8 Å². The molecule has 2 aromatic carbocycles. The molecular formula is C17H13BrFN3O3. The monoisotopic (exact) mass is 405 g/mol. The van der Waals surface area contributed by atoms with Crippen LogP contribution in [0.3, 0.4) is 0 Å². The highest BCUT2D eigenvalue weighted by atomic mass is 79.9. The highest BCUT2D eigenvalue weighted by Gasteiger charge is 2.50. The SMILES string of the molecule is CC1(c2ccccc2)NC(=O)N(NC(=O)c2cc(Br)ccc2F)C1=O. The molecule has 1 aliphatic heterocycles. The number of carbonyl (C=O) groups excluding carboxylic acids is 3. The average Bonchev–Trinajstić information content (AvgIpc) is 2.82. The van der Waals surface area contributed by atoms with Gasteiger partial charge in [-0.3, -0.25) is 15.0 Å². The zero-order valence-electron chi connectivity index (χ0n) is 13.0. The van der Waals surface area contributed by atoms with E-state index in [2.05, 4.69) is 26.7 Å². The first-order chi connectivity index (χ1) is 11.8. The van der Waals surface area contributed by atoms with Crippen LogP contribution in [0.4, 0.5) is 9.18 Å². The normalized spacial score (nSPS) is 19.7. The van der Waals surface area contributed by atoms with Gasteiger partial charge in [-0.25, -0.2) is 9.18 Å². The number of carbonyl (C=O) groups is 3. The summed E-state index contributed by atoms with van der Waals surface area (Å²) in [5, 5.41) is 3.11. The molecule has 0 radical (unpaired) electrons. The van der Waals surface area contributed by atoms with E-state index in [0.29, 0.717) is 15.0 Å². The molecule has 3 rings (SSSR count). The molecule has 1 atom stereocenters. The van der Waals surface area contributed by atoms with E-state index in [1.807, 2.05) is 0 Å². The minimum atomic E-state index is -1.32. The molecule has 8 heteroatoms. The predicted octanol–water partition coefficient (Wildman–Crippen LogP) is 2.70. The van der Waals surface area contributed by atoms with E-state index in [1.54, 1.807) is 30.3 Å². The summed E-state index contributed by atoms with van der Waals surface area (Å²) < 4.78 is 14.3. The van der Waals surface area contributed by atoms with Crippen LogP contribution in [0.25, 0.3) is 0 Å². The number of nitrogens with one attached hydrogen (secondary N) is 2. The molecule has 2 N–H and O–H groups in total. The lowest BCUT2D eigenvalue weighted by molar-refractivity contribution is -0.132. The maximum absolute atomic E-state index is 13.8. The number of imide groups is 1. The number of hydrazine groups is 1. The molecule has 1 heterocycles. The second-order valence-electron chi connectivity index (χ2n) is 5.63. The van der Waals surface area contributed by atoms with Crippen molar-refractivity contribution in [2.45, 2.75) is 12.5 Å². The molecule has 0 aromatic heterocycles. The Balaban J connectivity index is 1.86. The first-order valence-electron chi connectivity index (χ1n) is 7.31. The van der Waals surface area contributed by atoms with E-state index in [-0.39, 0.29) is 5.56 Å². The first kappa shape index (κ1) is 17.1. The number of amides is 4. The van der Waals surface area contributed by atoms with E-state index in [0.717, 1.165) is 6.07 Å². The van der Waals surface area contributed by atoms with Crippen LogP contribution in [0.2, 0.25) is 0 Å². The van der Waals surface area contributed by atoms with Gasteiger partial charge in [-0.1, -0.05) is 46.3 Å². The van der Waals surface area contributed by atoms with Crippen molar-refractivity contribution in [1.29, 1.82) is 0 Å². The van der Waals surface area contributed by atoms with Gasteiger partial charge >= 0.3 is 6.03 Å². The summed E-state index contributed by atoms with van der Waals surface area (Å²) in [6, 6.07) is 11.7. The fourth-order valence-electron chi connectivity index (χ4n) is 2.54. The Kier molecular flexibility index (Phi) is 4.30. The van der Waals surface area contributed by atoms with Crippen LogP contribution in [0.15, 0.2) is 53.0 Å². The third kappa shape index (κ3) is 3.00. The topological polar surface area (TPSA) is 78.5 Å². The highest BCUT2D eigenvalue weighted by Crippen LogP contribution is 2.27. The zero-order chi connectivity index (χ0) is 18.2. The number of rotatable bonds is 3. The molecule has 6 nitrogen and oxygen atoms in total. The fraction of sp³-hybridized carbons (Fsp3) is 0.118. The van der Waals surface area contributed by atoms with Gasteiger partial charge in [-0.05, 0) is 30.7 Å². The van der Waals surface area contributed by atoms with Crippen LogP contribution in [0, 0.1) is 5.82 Å². The summed E-state index contributed by atoms with van der Waals surface area (Å²) >= 11 is 3.14. The molecule has 2 aromatic rings. The Hall–Kier alpha value is -2.74. The molecule has 1 saturated heterocycles. The minimum absolute atomic E-state index is 0.289. The Morgan fingerprint density at radius 1 is 1.20 bits per heavy atom. The van der Waals surface area contributed by atoms with Crippen LogP contribution in [0.5, 0.6) is 0 Å². The summed E-state index contributed by atoms with van der Waals surface area (Å²) in [6.45, 7) is 1.54. The summed E-state index contributed by atoms with van der Waals surface area (Å²) in [7, 11) is 0. The van der Waals surface area contributed by atoms with Crippen LogP contribution in [-0.2, 0) is 10.3 Å². The summed E-state index contributed by atoms with van der Waals surface area (Å²) in [5.41, 5.74) is 1.12. The van der Waals surface area contributed by atoms with E-state index in [1.165, 1.54) is 19.1 Å². The minimum Gasteiger partial charge on any atom is -0.318 e. The van der Waals surface area contributed by atoms with Crippen molar-refractivity contribution in [2.24, 2.45) is 0 Å². The van der Waals surface area contributed by atoms with Crippen LogP contribution >= 0.6 is 15.9 Å². The van der Waals surface area contributed by atoms with Gasteiger partial charge in [0.15, 0.2) is 0 Å². The second-order valence-corrected chi connectivity index (χ2v) is 6.54. The van der Waals surface area contributed by atoms with Crippen LogP contribution in [-0.4, -0.2) is 22.9 Å². The third-order valence-corrected chi connectivity index (χ3v) is 4.42. The average molecular weight is 406 g/mol. The molecular weight excluding hydrogens is 393 g/mol. The molecule has 4 amide bonds. The standard InChI is InChI=1S/C17H13BrFN3O3/c1-17(10-5-3-2-4-6-10)15(24)22(16(25)20-17)21-14(23)12-9-11(18)7-8-13(12)19/h2-9H,1H3,(H,20,25)(H,21,23). The van der Waals surface area contributed by atoms with Crippen molar-refractivity contribution in [3.05, 3.63) is 69.9 Å². The maximum Gasteiger partial charge on any atom is 0.344 e. The number of urea groups is 1. The van der Waals surface area contributed by atoms with Crippen LogP contribution in [0.1, 0.15) is 22.8 Å². The molecule has 128 valence electrons.